The second-order valence-electron chi connectivity index (χ2n) is 11.7. The van der Waals surface area contributed by atoms with Gasteiger partial charge in [0.25, 0.3) is 5.92 Å². The van der Waals surface area contributed by atoms with Gasteiger partial charge < -0.3 is 24.2 Å². The largest absolute Gasteiger partial charge is 0.478 e. The van der Waals surface area contributed by atoms with Gasteiger partial charge in [0.15, 0.2) is 5.06 Å². The molecule has 2 fully saturated rings. The summed E-state index contributed by atoms with van der Waals surface area (Å²) in [5.41, 5.74) is 1.04. The number of carbonyl (C=O) groups excluding carboxylic acids is 1. The minimum Gasteiger partial charge on any atom is -0.478 e. The topological polar surface area (TPSA) is 88.5 Å². The Kier molecular flexibility index (Phi) is 11.0. The van der Waals surface area contributed by atoms with Gasteiger partial charge in [0.05, 0.1) is 37.1 Å². The van der Waals surface area contributed by atoms with Crippen LogP contribution in [0.25, 0.3) is 0 Å². The Hall–Kier alpha value is -2.60. The molecule has 2 aliphatic rings. The van der Waals surface area contributed by atoms with Crippen molar-refractivity contribution in [2.45, 2.75) is 70.9 Å². The number of nitrogens with zero attached hydrogens (tertiary/aromatic N) is 2. The molecule has 4 rings (SSSR count). The predicted molar refractivity (Wildman–Crippen MR) is 158 cm³/mol. The molecular weight excluding hydrogens is 566 g/mol. The second kappa shape index (κ2) is 14.2. The highest BCUT2D eigenvalue weighted by Gasteiger charge is 2.36. The van der Waals surface area contributed by atoms with E-state index >= 15 is 0 Å². The van der Waals surface area contributed by atoms with Crippen molar-refractivity contribution in [2.24, 2.45) is 11.8 Å². The highest BCUT2D eigenvalue weighted by Crippen LogP contribution is 2.38. The van der Waals surface area contributed by atoms with Crippen LogP contribution in [0.1, 0.15) is 66.2 Å². The molecule has 2 heterocycles. The van der Waals surface area contributed by atoms with E-state index in [-0.39, 0.29) is 49.3 Å². The SMILES string of the molecule is COCC(COC)N(c1ccc(Oc2sc(CN3CCCC(F)(F)C3)cc2C)cc1C(=O)O)C(=O)[C@H]1CC[C@H](C)CC1. The lowest BCUT2D eigenvalue weighted by atomic mass is 9.82. The summed E-state index contributed by atoms with van der Waals surface area (Å²) in [7, 11) is 3.08. The van der Waals surface area contributed by atoms with Crippen LogP contribution < -0.4 is 9.64 Å². The van der Waals surface area contributed by atoms with Gasteiger partial charge >= 0.3 is 5.97 Å². The monoisotopic (exact) mass is 608 g/mol. The van der Waals surface area contributed by atoms with Crippen LogP contribution >= 0.6 is 11.3 Å². The molecular formula is C31H42F2N2O6S. The molecule has 11 heteroatoms. The molecule has 0 spiro atoms. The maximum Gasteiger partial charge on any atom is 0.337 e. The number of piperidine rings is 1. The highest BCUT2D eigenvalue weighted by atomic mass is 32.1. The number of thiophene rings is 1. The number of halogens is 2. The van der Waals surface area contributed by atoms with Gasteiger partial charge in [-0.3, -0.25) is 9.69 Å². The predicted octanol–water partition coefficient (Wildman–Crippen LogP) is 6.60. The van der Waals surface area contributed by atoms with Crippen molar-refractivity contribution in [3.8, 4) is 10.8 Å². The van der Waals surface area contributed by atoms with Crippen molar-refractivity contribution in [1.82, 2.24) is 4.90 Å². The number of aryl methyl sites for hydroxylation is 1. The Balaban J connectivity index is 1.60. The molecule has 2 aromatic rings. The molecule has 1 aromatic heterocycles. The first-order valence-electron chi connectivity index (χ1n) is 14.6. The third-order valence-electron chi connectivity index (χ3n) is 8.13. The zero-order valence-electron chi connectivity index (χ0n) is 24.9. The lowest BCUT2D eigenvalue weighted by Gasteiger charge is -2.36. The number of hydrogen-bond acceptors (Lipinski definition) is 7. The molecule has 1 aromatic carbocycles. The molecule has 8 nitrogen and oxygen atoms in total. The lowest BCUT2D eigenvalue weighted by molar-refractivity contribution is -0.124. The molecule has 1 aliphatic heterocycles. The van der Waals surface area contributed by atoms with E-state index in [1.165, 1.54) is 31.6 Å². The molecule has 0 unspecified atom stereocenters. The van der Waals surface area contributed by atoms with Crippen molar-refractivity contribution in [1.29, 1.82) is 0 Å². The molecule has 1 N–H and O–H groups in total. The summed E-state index contributed by atoms with van der Waals surface area (Å²) in [6, 6.07) is 6.11. The fourth-order valence-corrected chi connectivity index (χ4v) is 7.04. The van der Waals surface area contributed by atoms with Gasteiger partial charge in [-0.05, 0) is 75.8 Å². The van der Waals surface area contributed by atoms with Gasteiger partial charge in [-0.1, -0.05) is 6.92 Å². The fourth-order valence-electron chi connectivity index (χ4n) is 5.96. The fraction of sp³-hybridized carbons (Fsp3) is 0.613. The summed E-state index contributed by atoms with van der Waals surface area (Å²) in [5, 5.41) is 10.8. The quantitative estimate of drug-likeness (QED) is 0.291. The zero-order valence-corrected chi connectivity index (χ0v) is 25.7. The summed E-state index contributed by atoms with van der Waals surface area (Å²) in [6.45, 7) is 5.18. The van der Waals surface area contributed by atoms with Crippen molar-refractivity contribution < 1.29 is 37.7 Å². The smallest absolute Gasteiger partial charge is 0.337 e. The summed E-state index contributed by atoms with van der Waals surface area (Å²) >= 11 is 1.36. The molecule has 1 saturated carbocycles. The first-order valence-corrected chi connectivity index (χ1v) is 15.4. The number of amides is 1. The number of benzene rings is 1. The van der Waals surface area contributed by atoms with Crippen LogP contribution in [-0.4, -0.2) is 74.4 Å². The minimum absolute atomic E-state index is 0.0628. The third kappa shape index (κ3) is 8.06. The van der Waals surface area contributed by atoms with Crippen molar-refractivity contribution in [2.75, 3.05) is 45.4 Å². The summed E-state index contributed by atoms with van der Waals surface area (Å²) < 4.78 is 44.7. The molecule has 1 amide bonds. The van der Waals surface area contributed by atoms with E-state index in [1.807, 2.05) is 13.0 Å². The minimum atomic E-state index is -2.67. The molecule has 1 saturated heterocycles. The van der Waals surface area contributed by atoms with Crippen LogP contribution in [0.15, 0.2) is 24.3 Å². The molecule has 42 heavy (non-hydrogen) atoms. The maximum atomic E-state index is 13.9. The van der Waals surface area contributed by atoms with Crippen molar-refractivity contribution >= 4 is 28.9 Å². The van der Waals surface area contributed by atoms with Crippen molar-refractivity contribution in [3.63, 3.8) is 0 Å². The number of hydrogen-bond donors (Lipinski definition) is 1. The van der Waals surface area contributed by atoms with E-state index in [9.17, 15) is 23.5 Å². The van der Waals surface area contributed by atoms with Crippen LogP contribution in [0.5, 0.6) is 10.8 Å². The third-order valence-corrected chi connectivity index (χ3v) is 9.23. The van der Waals surface area contributed by atoms with Crippen LogP contribution in [0.4, 0.5) is 14.5 Å². The molecule has 0 atom stereocenters. The van der Waals surface area contributed by atoms with Crippen LogP contribution in [0.3, 0.4) is 0 Å². The molecule has 0 bridgehead atoms. The number of methoxy groups -OCH3 is 2. The van der Waals surface area contributed by atoms with Gasteiger partial charge in [0, 0.05) is 43.5 Å². The first-order chi connectivity index (χ1) is 20.0. The van der Waals surface area contributed by atoms with E-state index in [4.69, 9.17) is 14.2 Å². The number of anilines is 1. The number of likely N-dealkylation sites (tertiary alicyclic amines) is 1. The van der Waals surface area contributed by atoms with E-state index in [1.54, 1.807) is 21.9 Å². The van der Waals surface area contributed by atoms with E-state index in [2.05, 4.69) is 6.92 Å². The highest BCUT2D eigenvalue weighted by molar-refractivity contribution is 7.14. The van der Waals surface area contributed by atoms with Crippen LogP contribution in [0.2, 0.25) is 0 Å². The Labute approximate surface area is 250 Å². The lowest BCUT2D eigenvalue weighted by Crippen LogP contribution is -2.49. The zero-order chi connectivity index (χ0) is 30.4. The van der Waals surface area contributed by atoms with Crippen LogP contribution in [-0.2, 0) is 20.8 Å². The number of ether oxygens (including phenoxy) is 3. The number of rotatable bonds is 12. The Morgan fingerprint density at radius 2 is 1.83 bits per heavy atom. The number of carboxylic acid groups (broad SMARTS) is 1. The molecule has 1 aliphatic carbocycles. The average molecular weight is 609 g/mol. The Morgan fingerprint density at radius 3 is 2.45 bits per heavy atom. The maximum absolute atomic E-state index is 13.9. The van der Waals surface area contributed by atoms with E-state index in [0.717, 1.165) is 36.1 Å². The normalized spacial score (nSPS) is 20.9. The second-order valence-corrected chi connectivity index (χ2v) is 12.8. The summed E-state index contributed by atoms with van der Waals surface area (Å²) in [4.78, 5) is 30.7. The van der Waals surface area contributed by atoms with Gasteiger partial charge in [-0.25, -0.2) is 13.6 Å². The van der Waals surface area contributed by atoms with Gasteiger partial charge in [-0.15, -0.1) is 11.3 Å². The number of carboxylic acids is 1. The Morgan fingerprint density at radius 1 is 1.14 bits per heavy atom. The standard InChI is InChI=1S/C31H42F2N2O6S/c1-20-6-8-22(9-7-20)28(36)35(23(17-39-3)18-40-4)27-11-10-24(15-26(27)29(37)38)41-30-21(2)14-25(42-30)16-34-13-5-12-31(32,33)19-34/h10-11,14-15,20,22-23H,5-9,12-13,16-19H2,1-4H3,(H,37,38)/t20-,22-. The average Bonchev–Trinajstić information content (AvgIpc) is 3.27. The molecule has 0 radical (unpaired) electrons. The number of aromatic carboxylic acids is 1. The number of carbonyl (C=O) groups is 2. The first kappa shape index (κ1) is 32.3. The van der Waals surface area contributed by atoms with Gasteiger partial charge in [-0.2, -0.15) is 0 Å². The van der Waals surface area contributed by atoms with Crippen LogP contribution in [0, 0.1) is 18.8 Å². The summed E-state index contributed by atoms with van der Waals surface area (Å²) in [6.07, 6.45) is 3.78. The number of alkyl halides is 2. The summed E-state index contributed by atoms with van der Waals surface area (Å²) in [5.74, 6) is -3.32. The molecule has 232 valence electrons. The van der Waals surface area contributed by atoms with Crippen molar-refractivity contribution in [3.05, 3.63) is 40.3 Å². The van der Waals surface area contributed by atoms with Gasteiger partial charge in [0.2, 0.25) is 5.91 Å². The Bertz CT molecular complexity index is 1220. The van der Waals surface area contributed by atoms with E-state index < -0.39 is 17.9 Å². The van der Waals surface area contributed by atoms with Gasteiger partial charge in [0.1, 0.15) is 5.75 Å². The van der Waals surface area contributed by atoms with E-state index in [0.29, 0.717) is 36.2 Å².